The van der Waals surface area contributed by atoms with Crippen molar-refractivity contribution < 1.29 is 4.74 Å². The number of para-hydroxylation sites is 1. The Morgan fingerprint density at radius 1 is 1.35 bits per heavy atom. The number of halogens is 1. The van der Waals surface area contributed by atoms with Crippen LogP contribution >= 0.6 is 22.9 Å². The van der Waals surface area contributed by atoms with E-state index >= 15 is 0 Å². The minimum atomic E-state index is -0.353. The maximum atomic E-state index is 12.6. The number of nitrogens with zero attached hydrogens (tertiary/aromatic N) is 4. The molecule has 1 unspecified atom stereocenters. The molecule has 0 saturated heterocycles. The van der Waals surface area contributed by atoms with Crippen LogP contribution in [0, 0.1) is 0 Å². The molecule has 0 aliphatic heterocycles. The third-order valence-electron chi connectivity index (χ3n) is 3.98. The monoisotopic (exact) mass is 390 g/mol. The Bertz CT molecular complexity index is 942. The van der Waals surface area contributed by atoms with Crippen molar-refractivity contribution in [3.63, 3.8) is 0 Å². The number of thiazole rings is 1. The molecule has 0 N–H and O–H groups in total. The maximum Gasteiger partial charge on any atom is 0.292 e. The molecule has 0 saturated carbocycles. The Morgan fingerprint density at radius 3 is 2.77 bits per heavy atom. The molecular weight excluding hydrogens is 372 g/mol. The molecule has 1 atom stereocenters. The van der Waals surface area contributed by atoms with Crippen LogP contribution in [0.25, 0.3) is 5.69 Å². The molecule has 8 heteroatoms. The molecule has 0 amide bonds. The first-order chi connectivity index (χ1) is 12.5. The van der Waals surface area contributed by atoms with E-state index in [0.717, 1.165) is 10.7 Å². The molecule has 1 aromatic carbocycles. The largest absolute Gasteiger partial charge is 0.375 e. The molecule has 0 aliphatic rings. The van der Waals surface area contributed by atoms with Gasteiger partial charge in [-0.25, -0.2) is 4.98 Å². The standard InChI is InChI=1S/C18H19ClN4O2S/c1-12(25-3)17-21-13(11-26-17)10-22(2)15-9-20-23(18(24)16(15)19)14-7-5-4-6-8-14/h4-9,11-12H,10H2,1-3H3. The summed E-state index contributed by atoms with van der Waals surface area (Å²) in [6.45, 7) is 2.47. The topological polar surface area (TPSA) is 60.2 Å². The van der Waals surface area contributed by atoms with Crippen LogP contribution in [0.4, 0.5) is 5.69 Å². The van der Waals surface area contributed by atoms with Gasteiger partial charge in [0.05, 0.1) is 29.8 Å². The summed E-state index contributed by atoms with van der Waals surface area (Å²) in [5.41, 5.74) is 1.78. The van der Waals surface area contributed by atoms with Crippen molar-refractivity contribution in [2.24, 2.45) is 0 Å². The molecule has 136 valence electrons. The average Bonchev–Trinajstić information content (AvgIpc) is 3.12. The molecule has 0 fully saturated rings. The summed E-state index contributed by atoms with van der Waals surface area (Å²) < 4.78 is 6.58. The van der Waals surface area contributed by atoms with Gasteiger partial charge in [-0.05, 0) is 19.1 Å². The fourth-order valence-corrected chi connectivity index (χ4v) is 3.57. The van der Waals surface area contributed by atoms with Crippen LogP contribution in [0.3, 0.4) is 0 Å². The lowest BCUT2D eigenvalue weighted by Crippen LogP contribution is -2.26. The highest BCUT2D eigenvalue weighted by atomic mass is 35.5. The van der Waals surface area contributed by atoms with E-state index < -0.39 is 0 Å². The molecule has 2 aromatic heterocycles. The fraction of sp³-hybridized carbons (Fsp3) is 0.278. The predicted molar refractivity (Wildman–Crippen MR) is 104 cm³/mol. The molecule has 6 nitrogen and oxygen atoms in total. The van der Waals surface area contributed by atoms with E-state index in [1.54, 1.807) is 24.6 Å². The van der Waals surface area contributed by atoms with Gasteiger partial charge in [0, 0.05) is 19.5 Å². The Balaban J connectivity index is 1.84. The summed E-state index contributed by atoms with van der Waals surface area (Å²) in [5, 5.41) is 7.29. The van der Waals surface area contributed by atoms with E-state index in [1.807, 2.05) is 54.6 Å². The van der Waals surface area contributed by atoms with Gasteiger partial charge in [-0.2, -0.15) is 9.78 Å². The number of aromatic nitrogens is 3. The molecule has 0 spiro atoms. The van der Waals surface area contributed by atoms with Crippen LogP contribution in [0.5, 0.6) is 0 Å². The number of hydrogen-bond acceptors (Lipinski definition) is 6. The Labute approximate surface area is 160 Å². The summed E-state index contributed by atoms with van der Waals surface area (Å²) in [6, 6.07) is 9.19. The second kappa shape index (κ2) is 7.99. The van der Waals surface area contributed by atoms with Gasteiger partial charge in [-0.15, -0.1) is 11.3 Å². The molecule has 26 heavy (non-hydrogen) atoms. The van der Waals surface area contributed by atoms with Crippen molar-refractivity contribution in [2.45, 2.75) is 19.6 Å². The lowest BCUT2D eigenvalue weighted by molar-refractivity contribution is 0.119. The highest BCUT2D eigenvalue weighted by Crippen LogP contribution is 2.25. The SMILES string of the molecule is COC(C)c1nc(CN(C)c2cnn(-c3ccccc3)c(=O)c2Cl)cs1. The van der Waals surface area contributed by atoms with Gasteiger partial charge in [-0.1, -0.05) is 29.8 Å². The zero-order valence-corrected chi connectivity index (χ0v) is 16.3. The number of anilines is 1. The fourth-order valence-electron chi connectivity index (χ4n) is 2.45. The molecule has 3 rings (SSSR count). The van der Waals surface area contributed by atoms with Crippen LogP contribution in [0.15, 0.2) is 46.7 Å². The van der Waals surface area contributed by atoms with Gasteiger partial charge < -0.3 is 9.64 Å². The first kappa shape index (κ1) is 18.6. The molecule has 0 bridgehead atoms. The minimum absolute atomic E-state index is 0.0425. The lowest BCUT2D eigenvalue weighted by atomic mass is 10.3. The molecular formula is C18H19ClN4O2S. The molecule has 0 aliphatic carbocycles. The Kier molecular flexibility index (Phi) is 5.70. The summed E-state index contributed by atoms with van der Waals surface area (Å²) in [4.78, 5) is 19.0. The van der Waals surface area contributed by atoms with Gasteiger partial charge in [-0.3, -0.25) is 4.79 Å². The second-order valence-electron chi connectivity index (χ2n) is 5.81. The van der Waals surface area contributed by atoms with E-state index in [0.29, 0.717) is 17.9 Å². The number of methoxy groups -OCH3 is 1. The summed E-state index contributed by atoms with van der Waals surface area (Å²) in [7, 11) is 3.51. The summed E-state index contributed by atoms with van der Waals surface area (Å²) >= 11 is 7.88. The smallest absolute Gasteiger partial charge is 0.292 e. The number of rotatable bonds is 6. The third kappa shape index (κ3) is 3.80. The van der Waals surface area contributed by atoms with E-state index in [-0.39, 0.29) is 16.7 Å². The van der Waals surface area contributed by atoms with Gasteiger partial charge in [0.15, 0.2) is 0 Å². The lowest BCUT2D eigenvalue weighted by Gasteiger charge is -2.19. The van der Waals surface area contributed by atoms with Crippen LogP contribution in [-0.4, -0.2) is 28.9 Å². The van der Waals surface area contributed by atoms with Crippen molar-refractivity contribution in [1.82, 2.24) is 14.8 Å². The third-order valence-corrected chi connectivity index (χ3v) is 5.39. The van der Waals surface area contributed by atoms with E-state index in [9.17, 15) is 4.79 Å². The van der Waals surface area contributed by atoms with Gasteiger partial charge in [0.2, 0.25) is 0 Å². The first-order valence-electron chi connectivity index (χ1n) is 8.02. The quantitative estimate of drug-likeness (QED) is 0.642. The molecule has 2 heterocycles. The average molecular weight is 391 g/mol. The number of ether oxygens (including phenoxy) is 1. The summed E-state index contributed by atoms with van der Waals surface area (Å²) in [6.07, 6.45) is 1.56. The van der Waals surface area contributed by atoms with Crippen LogP contribution in [-0.2, 0) is 11.3 Å². The Hall–Kier alpha value is -2.22. The van der Waals surface area contributed by atoms with Crippen LogP contribution in [0.1, 0.15) is 23.7 Å². The van der Waals surface area contributed by atoms with Crippen molar-refractivity contribution in [1.29, 1.82) is 0 Å². The first-order valence-corrected chi connectivity index (χ1v) is 9.28. The minimum Gasteiger partial charge on any atom is -0.375 e. The zero-order chi connectivity index (χ0) is 18.7. The number of benzene rings is 1. The highest BCUT2D eigenvalue weighted by molar-refractivity contribution is 7.09. The Morgan fingerprint density at radius 2 is 2.08 bits per heavy atom. The van der Waals surface area contributed by atoms with Gasteiger partial charge in [0.25, 0.3) is 5.56 Å². The van der Waals surface area contributed by atoms with Crippen LogP contribution < -0.4 is 10.5 Å². The van der Waals surface area contributed by atoms with Crippen molar-refractivity contribution in [3.05, 3.63) is 68.0 Å². The normalized spacial score (nSPS) is 12.2. The van der Waals surface area contributed by atoms with E-state index in [4.69, 9.17) is 16.3 Å². The van der Waals surface area contributed by atoms with E-state index in [2.05, 4.69) is 10.1 Å². The molecule has 3 aromatic rings. The van der Waals surface area contributed by atoms with Crippen molar-refractivity contribution in [2.75, 3.05) is 19.1 Å². The van der Waals surface area contributed by atoms with Crippen molar-refractivity contribution >= 4 is 28.6 Å². The number of hydrogen-bond donors (Lipinski definition) is 0. The maximum absolute atomic E-state index is 12.6. The predicted octanol–water partition coefficient (Wildman–Crippen LogP) is 3.69. The van der Waals surface area contributed by atoms with E-state index in [1.165, 1.54) is 4.68 Å². The zero-order valence-electron chi connectivity index (χ0n) is 14.7. The second-order valence-corrected chi connectivity index (χ2v) is 7.08. The van der Waals surface area contributed by atoms with Gasteiger partial charge in [0.1, 0.15) is 16.1 Å². The van der Waals surface area contributed by atoms with Crippen LogP contribution in [0.2, 0.25) is 5.02 Å². The molecule has 0 radical (unpaired) electrons. The van der Waals surface area contributed by atoms with Gasteiger partial charge >= 0.3 is 0 Å². The highest BCUT2D eigenvalue weighted by Gasteiger charge is 2.16. The summed E-state index contributed by atoms with van der Waals surface area (Å²) in [5.74, 6) is 0. The van der Waals surface area contributed by atoms with Crippen molar-refractivity contribution in [3.8, 4) is 5.69 Å².